The highest BCUT2D eigenvalue weighted by Crippen LogP contribution is 2.13. The van der Waals surface area contributed by atoms with Crippen molar-refractivity contribution >= 4 is 0 Å². The minimum Gasteiger partial charge on any atom is -0.394 e. The predicted molar refractivity (Wildman–Crippen MR) is 43.4 cm³/mol. The van der Waals surface area contributed by atoms with Crippen molar-refractivity contribution in [1.29, 1.82) is 0 Å². The van der Waals surface area contributed by atoms with E-state index in [9.17, 15) is 5.11 Å². The number of hydrazine groups is 1. The molecule has 0 radical (unpaired) electrons. The third-order valence-electron chi connectivity index (χ3n) is 2.00. The van der Waals surface area contributed by atoms with E-state index in [2.05, 4.69) is 10.9 Å². The van der Waals surface area contributed by atoms with Gasteiger partial charge in [0.1, 0.15) is 6.10 Å². The molecule has 3 atom stereocenters. The molecule has 0 bridgehead atoms. The van der Waals surface area contributed by atoms with E-state index < -0.39 is 12.2 Å². The van der Waals surface area contributed by atoms with Crippen molar-refractivity contribution in [2.24, 2.45) is 0 Å². The first kappa shape index (κ1) is 9.88. The molecule has 5 nitrogen and oxygen atoms in total. The summed E-state index contributed by atoms with van der Waals surface area (Å²) in [5, 5.41) is 18.2. The zero-order chi connectivity index (χ0) is 8.97. The predicted octanol–water partition coefficient (Wildman–Crippen LogP) is -1.78. The molecule has 0 aromatic rings. The second kappa shape index (κ2) is 4.74. The van der Waals surface area contributed by atoms with Gasteiger partial charge in [-0.05, 0) is 13.5 Å². The van der Waals surface area contributed by atoms with Crippen LogP contribution in [0.3, 0.4) is 0 Å². The highest BCUT2D eigenvalue weighted by Gasteiger charge is 2.28. The monoisotopic (exact) mass is 176 g/mol. The van der Waals surface area contributed by atoms with E-state index in [1.54, 1.807) is 7.05 Å². The summed E-state index contributed by atoms with van der Waals surface area (Å²) in [7, 11) is 1.77. The number of hydrogen-bond donors (Lipinski definition) is 4. The molecule has 1 aliphatic rings. The van der Waals surface area contributed by atoms with Gasteiger partial charge in [-0.15, -0.1) is 0 Å². The molecule has 1 rings (SSSR count). The summed E-state index contributed by atoms with van der Waals surface area (Å²) in [5.74, 6) is 0. The van der Waals surface area contributed by atoms with E-state index in [4.69, 9.17) is 9.84 Å². The van der Waals surface area contributed by atoms with Crippen LogP contribution >= 0.6 is 0 Å². The molecular formula is C7H16N2O3. The summed E-state index contributed by atoms with van der Waals surface area (Å²) < 4.78 is 5.20. The molecule has 1 saturated heterocycles. The van der Waals surface area contributed by atoms with Gasteiger partial charge in [-0.1, -0.05) is 0 Å². The average molecular weight is 176 g/mol. The van der Waals surface area contributed by atoms with Crippen LogP contribution in [0.4, 0.5) is 0 Å². The Hall–Kier alpha value is -0.200. The maximum Gasteiger partial charge on any atom is 0.106 e. The fourth-order valence-corrected chi connectivity index (χ4v) is 1.34. The van der Waals surface area contributed by atoms with Gasteiger partial charge < -0.3 is 14.9 Å². The smallest absolute Gasteiger partial charge is 0.106 e. The Morgan fingerprint density at radius 2 is 2.33 bits per heavy atom. The van der Waals surface area contributed by atoms with E-state index in [0.717, 1.165) is 0 Å². The second-order valence-corrected chi connectivity index (χ2v) is 2.95. The lowest BCUT2D eigenvalue weighted by Crippen LogP contribution is -2.51. The van der Waals surface area contributed by atoms with Gasteiger partial charge in [0.25, 0.3) is 0 Å². The summed E-state index contributed by atoms with van der Waals surface area (Å²) in [6, 6.07) is 0.118. The van der Waals surface area contributed by atoms with E-state index in [0.29, 0.717) is 13.0 Å². The van der Waals surface area contributed by atoms with Crippen LogP contribution in [0.2, 0.25) is 0 Å². The van der Waals surface area contributed by atoms with Crippen LogP contribution in [0.25, 0.3) is 0 Å². The van der Waals surface area contributed by atoms with Crippen molar-refractivity contribution < 1.29 is 14.9 Å². The highest BCUT2D eigenvalue weighted by atomic mass is 16.5. The standard InChI is InChI=1S/C7H16N2O3/c1-8-9-5-2-6(11)7(3-10)12-4-5/h5-11H,2-4H2,1H3/t5-,6+,7-/m1/s1. The van der Waals surface area contributed by atoms with Crippen LogP contribution in [-0.2, 0) is 4.74 Å². The van der Waals surface area contributed by atoms with E-state index in [1.807, 2.05) is 0 Å². The summed E-state index contributed by atoms with van der Waals surface area (Å²) in [6.07, 6.45) is -0.388. The Labute approximate surface area is 71.7 Å². The van der Waals surface area contributed by atoms with Crippen LogP contribution in [-0.4, -0.2) is 48.7 Å². The molecule has 0 unspecified atom stereocenters. The van der Waals surface area contributed by atoms with Gasteiger partial charge in [0, 0.05) is 6.04 Å². The minimum absolute atomic E-state index is 0.118. The Kier molecular flexibility index (Phi) is 3.90. The van der Waals surface area contributed by atoms with E-state index >= 15 is 0 Å². The molecule has 0 aliphatic carbocycles. The topological polar surface area (TPSA) is 73.8 Å². The normalized spacial score (nSPS) is 36.8. The van der Waals surface area contributed by atoms with Crippen molar-refractivity contribution in [2.75, 3.05) is 20.3 Å². The lowest BCUT2D eigenvalue weighted by molar-refractivity contribution is -0.107. The molecule has 0 aromatic heterocycles. The van der Waals surface area contributed by atoms with Crippen LogP contribution in [0.15, 0.2) is 0 Å². The lowest BCUT2D eigenvalue weighted by Gasteiger charge is -2.32. The Morgan fingerprint density at radius 1 is 1.58 bits per heavy atom. The molecule has 1 aliphatic heterocycles. The quantitative estimate of drug-likeness (QED) is 0.383. The zero-order valence-corrected chi connectivity index (χ0v) is 7.16. The van der Waals surface area contributed by atoms with Gasteiger partial charge in [0.2, 0.25) is 0 Å². The van der Waals surface area contributed by atoms with Crippen molar-refractivity contribution in [3.05, 3.63) is 0 Å². The molecule has 0 spiro atoms. The van der Waals surface area contributed by atoms with Gasteiger partial charge in [0.15, 0.2) is 0 Å². The van der Waals surface area contributed by atoms with Crippen molar-refractivity contribution in [3.63, 3.8) is 0 Å². The van der Waals surface area contributed by atoms with Gasteiger partial charge in [-0.25, -0.2) is 0 Å². The first-order valence-electron chi connectivity index (χ1n) is 4.10. The van der Waals surface area contributed by atoms with Crippen LogP contribution in [0, 0.1) is 0 Å². The first-order valence-corrected chi connectivity index (χ1v) is 4.10. The second-order valence-electron chi connectivity index (χ2n) is 2.95. The lowest BCUT2D eigenvalue weighted by atomic mass is 10.0. The van der Waals surface area contributed by atoms with Gasteiger partial charge in [-0.3, -0.25) is 10.9 Å². The average Bonchev–Trinajstić information content (AvgIpc) is 2.05. The van der Waals surface area contributed by atoms with Crippen molar-refractivity contribution in [3.8, 4) is 0 Å². The third kappa shape index (κ3) is 2.40. The maximum absolute atomic E-state index is 9.41. The number of aliphatic hydroxyl groups excluding tert-OH is 2. The molecule has 72 valence electrons. The Morgan fingerprint density at radius 3 is 2.83 bits per heavy atom. The van der Waals surface area contributed by atoms with E-state index in [1.165, 1.54) is 0 Å². The molecule has 1 fully saturated rings. The largest absolute Gasteiger partial charge is 0.394 e. The van der Waals surface area contributed by atoms with Crippen LogP contribution in [0.5, 0.6) is 0 Å². The van der Waals surface area contributed by atoms with Crippen LogP contribution < -0.4 is 10.9 Å². The van der Waals surface area contributed by atoms with Gasteiger partial charge in [0.05, 0.1) is 19.3 Å². The maximum atomic E-state index is 9.41. The summed E-state index contributed by atoms with van der Waals surface area (Å²) in [5.41, 5.74) is 5.73. The summed E-state index contributed by atoms with van der Waals surface area (Å²) in [4.78, 5) is 0. The molecule has 0 aromatic carbocycles. The van der Waals surface area contributed by atoms with Crippen molar-refractivity contribution in [2.45, 2.75) is 24.7 Å². The molecule has 1 heterocycles. The van der Waals surface area contributed by atoms with Crippen molar-refractivity contribution in [1.82, 2.24) is 10.9 Å². The number of ether oxygens (including phenoxy) is 1. The zero-order valence-electron chi connectivity index (χ0n) is 7.16. The first-order chi connectivity index (χ1) is 5.77. The molecule has 12 heavy (non-hydrogen) atoms. The minimum atomic E-state index is -0.574. The number of aliphatic hydroxyl groups is 2. The molecular weight excluding hydrogens is 160 g/mol. The van der Waals surface area contributed by atoms with E-state index in [-0.39, 0.29) is 12.6 Å². The summed E-state index contributed by atoms with van der Waals surface area (Å²) in [6.45, 7) is 0.399. The third-order valence-corrected chi connectivity index (χ3v) is 2.00. The fraction of sp³-hybridized carbons (Fsp3) is 1.00. The SMILES string of the molecule is CNN[C@H]1CO[C@H](CO)[C@@H](O)C1. The molecule has 4 N–H and O–H groups in total. The van der Waals surface area contributed by atoms with Gasteiger partial charge >= 0.3 is 0 Å². The number of hydrogen-bond acceptors (Lipinski definition) is 5. The Balaban J connectivity index is 2.30. The number of rotatable bonds is 3. The molecule has 0 saturated carbocycles. The molecule has 0 amide bonds. The molecule has 5 heteroatoms. The fourth-order valence-electron chi connectivity index (χ4n) is 1.34. The summed E-state index contributed by atoms with van der Waals surface area (Å²) >= 11 is 0. The van der Waals surface area contributed by atoms with Crippen LogP contribution in [0.1, 0.15) is 6.42 Å². The van der Waals surface area contributed by atoms with Gasteiger partial charge in [-0.2, -0.15) is 0 Å². The Bertz CT molecular complexity index is 134. The highest BCUT2D eigenvalue weighted by molar-refractivity contribution is 4.80. The number of nitrogens with one attached hydrogen (secondary N) is 2.